The Morgan fingerprint density at radius 2 is 1.62 bits per heavy atom. The van der Waals surface area contributed by atoms with Crippen LogP contribution in [0.15, 0.2) is 53.4 Å². The van der Waals surface area contributed by atoms with Gasteiger partial charge in [0.2, 0.25) is 15.9 Å². The van der Waals surface area contributed by atoms with E-state index in [9.17, 15) is 13.2 Å². The summed E-state index contributed by atoms with van der Waals surface area (Å²) in [5, 5.41) is 2.78. The first kappa shape index (κ1) is 21.1. The Labute approximate surface area is 171 Å². The van der Waals surface area contributed by atoms with Crippen LogP contribution < -0.4 is 14.8 Å². The molecule has 1 fully saturated rings. The van der Waals surface area contributed by atoms with E-state index in [2.05, 4.69) is 5.32 Å². The molecule has 2 aromatic rings. The molecule has 7 nitrogen and oxygen atoms in total. The van der Waals surface area contributed by atoms with Crippen molar-refractivity contribution in [3.8, 4) is 11.5 Å². The summed E-state index contributed by atoms with van der Waals surface area (Å²) in [6.45, 7) is 1.56. The van der Waals surface area contributed by atoms with Crippen LogP contribution in [0.1, 0.15) is 25.7 Å². The van der Waals surface area contributed by atoms with E-state index in [4.69, 9.17) is 9.47 Å². The molecule has 0 aromatic heterocycles. The minimum atomic E-state index is -3.44. The van der Waals surface area contributed by atoms with Crippen molar-refractivity contribution in [2.75, 3.05) is 32.1 Å². The third-order valence-corrected chi connectivity index (χ3v) is 6.63. The van der Waals surface area contributed by atoms with Gasteiger partial charge in [0.15, 0.2) is 0 Å². The van der Waals surface area contributed by atoms with Gasteiger partial charge in [0.25, 0.3) is 0 Å². The summed E-state index contributed by atoms with van der Waals surface area (Å²) in [6, 6.07) is 13.6. The summed E-state index contributed by atoms with van der Waals surface area (Å²) >= 11 is 0. The maximum absolute atomic E-state index is 12.5. The smallest absolute Gasteiger partial charge is 0.243 e. The lowest BCUT2D eigenvalue weighted by Gasteiger charge is -2.15. The molecule has 1 aliphatic rings. The van der Waals surface area contributed by atoms with Gasteiger partial charge in [0, 0.05) is 25.2 Å². The Morgan fingerprint density at radius 1 is 1.00 bits per heavy atom. The number of anilines is 1. The molecule has 0 spiro atoms. The number of nitrogens with one attached hydrogen (secondary N) is 1. The standard InChI is InChI=1S/C21H26N2O5S/c1-27-18-8-10-19(11-9-18)28-16-4-5-21(24)22-17-6-12-20(13-7-17)29(25,26)23-14-2-3-15-23/h6-13H,2-5,14-16H2,1H3,(H,22,24). The Bertz CT molecular complexity index is 905. The zero-order chi connectivity index (χ0) is 20.7. The minimum Gasteiger partial charge on any atom is -0.497 e. The average molecular weight is 419 g/mol. The monoisotopic (exact) mass is 418 g/mol. The summed E-state index contributed by atoms with van der Waals surface area (Å²) in [5.41, 5.74) is 0.575. The maximum atomic E-state index is 12.5. The van der Waals surface area contributed by atoms with Gasteiger partial charge in [-0.25, -0.2) is 8.42 Å². The van der Waals surface area contributed by atoms with Crippen LogP contribution in [0.4, 0.5) is 5.69 Å². The van der Waals surface area contributed by atoms with E-state index in [0.717, 1.165) is 24.3 Å². The first-order chi connectivity index (χ1) is 14.0. The molecule has 29 heavy (non-hydrogen) atoms. The lowest BCUT2D eigenvalue weighted by Crippen LogP contribution is -2.27. The Morgan fingerprint density at radius 3 is 2.24 bits per heavy atom. The first-order valence-electron chi connectivity index (χ1n) is 9.66. The highest BCUT2D eigenvalue weighted by Gasteiger charge is 2.26. The third kappa shape index (κ3) is 5.71. The van der Waals surface area contributed by atoms with Gasteiger partial charge in [0.05, 0.1) is 18.6 Å². The van der Waals surface area contributed by atoms with Gasteiger partial charge < -0.3 is 14.8 Å². The van der Waals surface area contributed by atoms with E-state index < -0.39 is 10.0 Å². The number of hydrogen-bond acceptors (Lipinski definition) is 5. The number of hydrogen-bond donors (Lipinski definition) is 1. The minimum absolute atomic E-state index is 0.140. The third-order valence-electron chi connectivity index (χ3n) is 4.72. The lowest BCUT2D eigenvalue weighted by molar-refractivity contribution is -0.116. The number of methoxy groups -OCH3 is 1. The zero-order valence-electron chi connectivity index (χ0n) is 16.5. The fourth-order valence-electron chi connectivity index (χ4n) is 3.11. The van der Waals surface area contributed by atoms with Crippen LogP contribution in [0.3, 0.4) is 0 Å². The van der Waals surface area contributed by atoms with Gasteiger partial charge >= 0.3 is 0 Å². The normalized spacial score (nSPS) is 14.5. The van der Waals surface area contributed by atoms with Crippen molar-refractivity contribution < 1.29 is 22.7 Å². The van der Waals surface area contributed by atoms with Crippen LogP contribution in [0.25, 0.3) is 0 Å². The SMILES string of the molecule is COc1ccc(OCCCC(=O)Nc2ccc(S(=O)(=O)N3CCCC3)cc2)cc1. The molecule has 156 valence electrons. The van der Waals surface area contributed by atoms with Crippen molar-refractivity contribution in [2.24, 2.45) is 0 Å². The Balaban J connectivity index is 1.43. The van der Waals surface area contributed by atoms with E-state index in [1.54, 1.807) is 19.2 Å². The quantitative estimate of drug-likeness (QED) is 0.632. The molecule has 8 heteroatoms. The number of ether oxygens (including phenoxy) is 2. The molecule has 0 bridgehead atoms. The first-order valence-corrected chi connectivity index (χ1v) is 11.1. The van der Waals surface area contributed by atoms with Crippen LogP contribution in [0, 0.1) is 0 Å². The fourth-order valence-corrected chi connectivity index (χ4v) is 4.62. The molecule has 1 saturated heterocycles. The summed E-state index contributed by atoms with van der Waals surface area (Å²) in [7, 11) is -1.83. The summed E-state index contributed by atoms with van der Waals surface area (Å²) in [4.78, 5) is 12.3. The molecule has 0 saturated carbocycles. The lowest BCUT2D eigenvalue weighted by atomic mass is 10.2. The van der Waals surface area contributed by atoms with E-state index >= 15 is 0 Å². The van der Waals surface area contributed by atoms with E-state index in [0.29, 0.717) is 38.2 Å². The molecule has 0 radical (unpaired) electrons. The number of nitrogens with zero attached hydrogens (tertiary/aromatic N) is 1. The van der Waals surface area contributed by atoms with Gasteiger partial charge in [-0.2, -0.15) is 4.31 Å². The van der Waals surface area contributed by atoms with Crippen molar-refractivity contribution in [2.45, 2.75) is 30.6 Å². The topological polar surface area (TPSA) is 84.9 Å². The molecule has 1 amide bonds. The second-order valence-corrected chi connectivity index (χ2v) is 8.75. The molecule has 2 aromatic carbocycles. The van der Waals surface area contributed by atoms with Crippen LogP contribution in [0.2, 0.25) is 0 Å². The number of amides is 1. The molecule has 1 N–H and O–H groups in total. The van der Waals surface area contributed by atoms with Crippen molar-refractivity contribution in [3.63, 3.8) is 0 Å². The predicted molar refractivity (Wildman–Crippen MR) is 111 cm³/mol. The number of carbonyl (C=O) groups excluding carboxylic acids is 1. The van der Waals surface area contributed by atoms with Crippen molar-refractivity contribution in [1.29, 1.82) is 0 Å². The molecular weight excluding hydrogens is 392 g/mol. The summed E-state index contributed by atoms with van der Waals surface area (Å²) in [6.07, 6.45) is 2.67. The van der Waals surface area contributed by atoms with Crippen LogP contribution >= 0.6 is 0 Å². The van der Waals surface area contributed by atoms with Gasteiger partial charge in [0.1, 0.15) is 11.5 Å². The Kier molecular flexibility index (Phi) is 7.11. The largest absolute Gasteiger partial charge is 0.497 e. The van der Waals surface area contributed by atoms with Gasteiger partial charge in [-0.1, -0.05) is 0 Å². The molecule has 1 aliphatic heterocycles. The zero-order valence-corrected chi connectivity index (χ0v) is 17.3. The summed E-state index contributed by atoms with van der Waals surface area (Å²) < 4.78 is 37.2. The Hall–Kier alpha value is -2.58. The molecule has 0 atom stereocenters. The van der Waals surface area contributed by atoms with E-state index in [1.165, 1.54) is 16.4 Å². The number of rotatable bonds is 9. The molecule has 0 aliphatic carbocycles. The fraction of sp³-hybridized carbons (Fsp3) is 0.381. The van der Waals surface area contributed by atoms with Gasteiger partial charge in [-0.05, 0) is 67.8 Å². The van der Waals surface area contributed by atoms with E-state index in [-0.39, 0.29) is 10.8 Å². The van der Waals surface area contributed by atoms with Gasteiger partial charge in [-0.15, -0.1) is 0 Å². The van der Waals surface area contributed by atoms with Crippen molar-refractivity contribution >= 4 is 21.6 Å². The number of carbonyl (C=O) groups is 1. The van der Waals surface area contributed by atoms with Gasteiger partial charge in [-0.3, -0.25) is 4.79 Å². The molecule has 3 rings (SSSR count). The summed E-state index contributed by atoms with van der Waals surface area (Å²) in [5.74, 6) is 1.34. The van der Waals surface area contributed by atoms with Crippen molar-refractivity contribution in [1.82, 2.24) is 4.31 Å². The van der Waals surface area contributed by atoms with Crippen LogP contribution in [0.5, 0.6) is 11.5 Å². The highest BCUT2D eigenvalue weighted by molar-refractivity contribution is 7.89. The van der Waals surface area contributed by atoms with E-state index in [1.807, 2.05) is 24.3 Å². The van der Waals surface area contributed by atoms with Crippen molar-refractivity contribution in [3.05, 3.63) is 48.5 Å². The second-order valence-electron chi connectivity index (χ2n) is 6.81. The molecular formula is C21H26N2O5S. The average Bonchev–Trinajstić information content (AvgIpc) is 3.28. The number of benzene rings is 2. The molecule has 1 heterocycles. The van der Waals surface area contributed by atoms with Crippen LogP contribution in [-0.2, 0) is 14.8 Å². The van der Waals surface area contributed by atoms with Crippen LogP contribution in [-0.4, -0.2) is 45.4 Å². The highest BCUT2D eigenvalue weighted by atomic mass is 32.2. The predicted octanol–water partition coefficient (Wildman–Crippen LogP) is 3.28. The molecule has 0 unspecified atom stereocenters. The second kappa shape index (κ2) is 9.76. The highest BCUT2D eigenvalue weighted by Crippen LogP contribution is 2.22. The maximum Gasteiger partial charge on any atom is 0.243 e. The number of sulfonamides is 1.